The van der Waals surface area contributed by atoms with Crippen LogP contribution in [0.5, 0.6) is 0 Å². The zero-order valence-corrected chi connectivity index (χ0v) is 7.58. The maximum Gasteiger partial charge on any atom is 0.0921 e. The van der Waals surface area contributed by atoms with Crippen LogP contribution in [0.3, 0.4) is 0 Å². The van der Waals surface area contributed by atoms with E-state index in [1.165, 1.54) is 0 Å². The van der Waals surface area contributed by atoms with E-state index >= 15 is 0 Å². The zero-order chi connectivity index (χ0) is 9.15. The monoisotopic (exact) mass is 181 g/mol. The summed E-state index contributed by atoms with van der Waals surface area (Å²) >= 11 is 0. The van der Waals surface area contributed by atoms with Crippen LogP contribution in [0.1, 0.15) is 18.5 Å². The van der Waals surface area contributed by atoms with Gasteiger partial charge >= 0.3 is 0 Å². The third-order valence-electron chi connectivity index (χ3n) is 2.52. The highest BCUT2D eigenvalue weighted by atomic mass is 16.3. The van der Waals surface area contributed by atoms with Crippen molar-refractivity contribution in [2.24, 2.45) is 0 Å². The van der Waals surface area contributed by atoms with Gasteiger partial charge in [0.05, 0.1) is 11.9 Å². The van der Waals surface area contributed by atoms with Gasteiger partial charge in [-0.3, -0.25) is 0 Å². The van der Waals surface area contributed by atoms with Crippen molar-refractivity contribution in [3.63, 3.8) is 0 Å². The van der Waals surface area contributed by atoms with E-state index in [4.69, 9.17) is 0 Å². The summed E-state index contributed by atoms with van der Waals surface area (Å²) in [5.74, 6) is 0. The highest BCUT2D eigenvalue weighted by Crippen LogP contribution is 2.19. The first-order valence-corrected chi connectivity index (χ1v) is 4.69. The molecule has 0 spiro atoms. The second-order valence-corrected chi connectivity index (χ2v) is 3.76. The highest BCUT2D eigenvalue weighted by molar-refractivity contribution is 5.02. The van der Waals surface area contributed by atoms with Crippen LogP contribution in [0.15, 0.2) is 12.5 Å². The van der Waals surface area contributed by atoms with Crippen LogP contribution in [0.2, 0.25) is 0 Å². The number of β-amino-alcohol motifs (C(OH)–C–C–N with tert-alkyl or cyclic N) is 1. The van der Waals surface area contributed by atoms with Gasteiger partial charge in [0.1, 0.15) is 0 Å². The Morgan fingerprint density at radius 1 is 1.62 bits per heavy atom. The normalized spacial score (nSPS) is 29.0. The fourth-order valence-electron chi connectivity index (χ4n) is 1.84. The Bertz CT molecular complexity index is 252. The van der Waals surface area contributed by atoms with Gasteiger partial charge in [-0.15, -0.1) is 0 Å². The number of hydrogen-bond donors (Lipinski definition) is 3. The van der Waals surface area contributed by atoms with Crippen LogP contribution in [0, 0.1) is 0 Å². The number of imidazole rings is 1. The van der Waals surface area contributed by atoms with E-state index in [1.54, 1.807) is 12.5 Å². The van der Waals surface area contributed by atoms with Crippen LogP contribution in [0.25, 0.3) is 0 Å². The maximum absolute atomic E-state index is 10.1. The Morgan fingerprint density at radius 3 is 3.15 bits per heavy atom. The van der Waals surface area contributed by atoms with E-state index in [-0.39, 0.29) is 0 Å². The molecule has 0 aromatic carbocycles. The molecule has 0 bridgehead atoms. The molecule has 1 aromatic heterocycles. The van der Waals surface area contributed by atoms with Gasteiger partial charge in [-0.05, 0) is 19.4 Å². The summed E-state index contributed by atoms with van der Waals surface area (Å²) in [4.78, 5) is 6.94. The first-order chi connectivity index (χ1) is 6.29. The van der Waals surface area contributed by atoms with Crippen molar-refractivity contribution in [1.82, 2.24) is 15.3 Å². The molecule has 1 saturated heterocycles. The molecule has 13 heavy (non-hydrogen) atoms. The van der Waals surface area contributed by atoms with Gasteiger partial charge in [0.25, 0.3) is 0 Å². The SMILES string of the molecule is OC1(Cc2cnc[nH]2)CCCNC1. The van der Waals surface area contributed by atoms with Crippen LogP contribution in [-0.2, 0) is 6.42 Å². The lowest BCUT2D eigenvalue weighted by atomic mass is 9.90. The summed E-state index contributed by atoms with van der Waals surface area (Å²) in [6.45, 7) is 1.71. The molecule has 0 amide bonds. The van der Waals surface area contributed by atoms with Gasteiger partial charge in [-0.1, -0.05) is 0 Å². The summed E-state index contributed by atoms with van der Waals surface area (Å²) in [6, 6.07) is 0. The minimum atomic E-state index is -0.579. The van der Waals surface area contributed by atoms with Gasteiger partial charge in [-0.2, -0.15) is 0 Å². The van der Waals surface area contributed by atoms with Crippen LogP contribution in [0.4, 0.5) is 0 Å². The van der Waals surface area contributed by atoms with Crippen molar-refractivity contribution in [2.45, 2.75) is 24.9 Å². The molecule has 0 radical (unpaired) electrons. The summed E-state index contributed by atoms with van der Waals surface area (Å²) in [7, 11) is 0. The van der Waals surface area contributed by atoms with E-state index in [1.807, 2.05) is 0 Å². The molecule has 2 rings (SSSR count). The second-order valence-electron chi connectivity index (χ2n) is 3.76. The van der Waals surface area contributed by atoms with E-state index in [0.29, 0.717) is 13.0 Å². The van der Waals surface area contributed by atoms with Crippen molar-refractivity contribution >= 4 is 0 Å². The number of aromatic amines is 1. The molecule has 2 heterocycles. The minimum absolute atomic E-state index is 0.579. The second kappa shape index (κ2) is 3.47. The van der Waals surface area contributed by atoms with Crippen molar-refractivity contribution in [1.29, 1.82) is 0 Å². The van der Waals surface area contributed by atoms with Gasteiger partial charge in [-0.25, -0.2) is 4.98 Å². The Morgan fingerprint density at radius 2 is 2.54 bits per heavy atom. The molecule has 0 aliphatic carbocycles. The first-order valence-electron chi connectivity index (χ1n) is 4.69. The molecule has 1 aliphatic rings. The van der Waals surface area contributed by atoms with E-state index in [9.17, 15) is 5.11 Å². The quantitative estimate of drug-likeness (QED) is 0.605. The van der Waals surface area contributed by atoms with E-state index in [0.717, 1.165) is 25.1 Å². The molecule has 3 N–H and O–H groups in total. The fraction of sp³-hybridized carbons (Fsp3) is 0.667. The average Bonchev–Trinajstić information content (AvgIpc) is 2.57. The van der Waals surface area contributed by atoms with Crippen molar-refractivity contribution in [3.8, 4) is 0 Å². The molecule has 4 nitrogen and oxygen atoms in total. The highest BCUT2D eigenvalue weighted by Gasteiger charge is 2.29. The van der Waals surface area contributed by atoms with E-state index < -0.39 is 5.60 Å². The fourth-order valence-corrected chi connectivity index (χ4v) is 1.84. The topological polar surface area (TPSA) is 60.9 Å². The summed E-state index contributed by atoms with van der Waals surface area (Å²) in [6.07, 6.45) is 6.01. The number of hydrogen-bond acceptors (Lipinski definition) is 3. The number of piperidine rings is 1. The number of aliphatic hydroxyl groups is 1. The van der Waals surface area contributed by atoms with Gasteiger partial charge < -0.3 is 15.4 Å². The number of nitrogens with zero attached hydrogens (tertiary/aromatic N) is 1. The predicted molar refractivity (Wildman–Crippen MR) is 49.3 cm³/mol. The molecular weight excluding hydrogens is 166 g/mol. The molecule has 72 valence electrons. The standard InChI is InChI=1S/C9H15N3O/c13-9(2-1-3-10-6-9)4-8-5-11-7-12-8/h5,7,10,13H,1-4,6H2,(H,11,12). The predicted octanol–water partition coefficient (Wildman–Crippen LogP) is 0.0667. The Balaban J connectivity index is 1.99. The van der Waals surface area contributed by atoms with E-state index in [2.05, 4.69) is 15.3 Å². The van der Waals surface area contributed by atoms with Gasteiger partial charge in [0.15, 0.2) is 0 Å². The summed E-state index contributed by atoms with van der Waals surface area (Å²) in [5.41, 5.74) is 0.427. The average molecular weight is 181 g/mol. The van der Waals surface area contributed by atoms with Crippen molar-refractivity contribution in [3.05, 3.63) is 18.2 Å². The van der Waals surface area contributed by atoms with Crippen LogP contribution < -0.4 is 5.32 Å². The third-order valence-corrected chi connectivity index (χ3v) is 2.52. The van der Waals surface area contributed by atoms with Crippen molar-refractivity contribution in [2.75, 3.05) is 13.1 Å². The minimum Gasteiger partial charge on any atom is -0.388 e. The lowest BCUT2D eigenvalue weighted by Gasteiger charge is -2.32. The lowest BCUT2D eigenvalue weighted by molar-refractivity contribution is 0.0162. The Labute approximate surface area is 77.4 Å². The molecule has 1 fully saturated rings. The Kier molecular flexibility index (Phi) is 2.33. The molecule has 1 unspecified atom stereocenters. The molecule has 1 aromatic rings. The van der Waals surface area contributed by atoms with Gasteiger partial charge in [0.2, 0.25) is 0 Å². The summed E-state index contributed by atoms with van der Waals surface area (Å²) < 4.78 is 0. The number of rotatable bonds is 2. The number of nitrogens with one attached hydrogen (secondary N) is 2. The maximum atomic E-state index is 10.1. The number of H-pyrrole nitrogens is 1. The largest absolute Gasteiger partial charge is 0.388 e. The number of aromatic nitrogens is 2. The van der Waals surface area contributed by atoms with Gasteiger partial charge in [0, 0.05) is 24.9 Å². The van der Waals surface area contributed by atoms with Crippen molar-refractivity contribution < 1.29 is 5.11 Å². The molecule has 0 saturated carbocycles. The third kappa shape index (κ3) is 2.08. The van der Waals surface area contributed by atoms with Crippen LogP contribution >= 0.6 is 0 Å². The first kappa shape index (κ1) is 8.72. The Hall–Kier alpha value is -0.870. The van der Waals surface area contributed by atoms with Crippen LogP contribution in [-0.4, -0.2) is 33.8 Å². The molecule has 1 atom stereocenters. The molecular formula is C9H15N3O. The smallest absolute Gasteiger partial charge is 0.0921 e. The zero-order valence-electron chi connectivity index (χ0n) is 7.58. The molecule has 4 heteroatoms. The molecule has 1 aliphatic heterocycles. The lowest BCUT2D eigenvalue weighted by Crippen LogP contribution is -2.47. The summed E-state index contributed by atoms with van der Waals surface area (Å²) in [5, 5.41) is 13.3.